The molecule has 0 saturated heterocycles. The van der Waals surface area contributed by atoms with Crippen LogP contribution in [-0.2, 0) is 4.79 Å². The van der Waals surface area contributed by atoms with Crippen LogP contribution in [0.15, 0.2) is 41.1 Å². The summed E-state index contributed by atoms with van der Waals surface area (Å²) in [5.74, 6) is 1.18. The first-order valence-corrected chi connectivity index (χ1v) is 10.3. The first-order valence-electron chi connectivity index (χ1n) is 10.3. The van der Waals surface area contributed by atoms with E-state index in [0.717, 1.165) is 36.9 Å². The molecule has 0 bridgehead atoms. The Bertz CT molecular complexity index is 972. The molecule has 2 aromatic heterocycles. The van der Waals surface area contributed by atoms with Crippen molar-refractivity contribution in [1.29, 1.82) is 0 Å². The lowest BCUT2D eigenvalue weighted by molar-refractivity contribution is -0.117. The van der Waals surface area contributed by atoms with Gasteiger partial charge in [0.15, 0.2) is 0 Å². The zero-order valence-corrected chi connectivity index (χ0v) is 17.7. The van der Waals surface area contributed by atoms with E-state index >= 15 is 0 Å². The van der Waals surface area contributed by atoms with Crippen molar-refractivity contribution in [2.45, 2.75) is 58.9 Å². The van der Waals surface area contributed by atoms with Crippen LogP contribution in [0.2, 0.25) is 0 Å². The molecule has 1 aromatic carbocycles. The van der Waals surface area contributed by atoms with Gasteiger partial charge in [-0.1, -0.05) is 48.3 Å². The Labute approximate surface area is 176 Å². The number of unbranched alkanes of at least 4 members (excludes halogenated alkanes) is 2. The molecule has 30 heavy (non-hydrogen) atoms. The maximum absolute atomic E-state index is 12.9. The minimum atomic E-state index is -0.277. The molecule has 0 unspecified atom stereocenters. The average Bonchev–Trinajstić information content (AvgIpc) is 3.34. The molecule has 3 aromatic rings. The van der Waals surface area contributed by atoms with Gasteiger partial charge in [0.25, 0.3) is 5.91 Å². The number of rotatable bonds is 10. The summed E-state index contributed by atoms with van der Waals surface area (Å²) < 4.78 is 5.13. The Morgan fingerprint density at radius 2 is 1.90 bits per heavy atom. The van der Waals surface area contributed by atoms with E-state index in [1.165, 1.54) is 0 Å². The van der Waals surface area contributed by atoms with Gasteiger partial charge in [0.05, 0.1) is 23.6 Å². The van der Waals surface area contributed by atoms with Crippen molar-refractivity contribution < 1.29 is 14.1 Å². The molecule has 0 spiro atoms. The number of nitrogens with one attached hydrogen (secondary N) is 2. The van der Waals surface area contributed by atoms with Crippen LogP contribution in [0, 0.1) is 13.8 Å². The van der Waals surface area contributed by atoms with Gasteiger partial charge in [0.2, 0.25) is 0 Å². The minimum absolute atomic E-state index is 0.205. The van der Waals surface area contributed by atoms with E-state index in [-0.39, 0.29) is 17.7 Å². The highest BCUT2D eigenvalue weighted by atomic mass is 16.5. The second-order valence-electron chi connectivity index (χ2n) is 7.57. The zero-order chi connectivity index (χ0) is 21.5. The fraction of sp³-hybridized carbons (Fsp3) is 0.391. The van der Waals surface area contributed by atoms with Crippen molar-refractivity contribution in [2.24, 2.45) is 0 Å². The molecule has 2 heterocycles. The number of H-pyrrole nitrogens is 1. The maximum Gasteiger partial charge on any atom is 0.257 e. The summed E-state index contributed by atoms with van der Waals surface area (Å²) in [6.45, 7) is 5.09. The smallest absolute Gasteiger partial charge is 0.257 e. The van der Waals surface area contributed by atoms with E-state index < -0.39 is 0 Å². The first kappa shape index (κ1) is 21.5. The summed E-state index contributed by atoms with van der Waals surface area (Å²) in [5.41, 5.74) is 2.97. The van der Waals surface area contributed by atoms with Crippen molar-refractivity contribution in [3.05, 3.63) is 59.4 Å². The van der Waals surface area contributed by atoms with Crippen LogP contribution in [-0.4, -0.2) is 26.8 Å². The fourth-order valence-corrected chi connectivity index (χ4v) is 3.49. The summed E-state index contributed by atoms with van der Waals surface area (Å²) in [4.78, 5) is 31.9. The van der Waals surface area contributed by atoms with E-state index in [9.17, 15) is 9.59 Å². The van der Waals surface area contributed by atoms with E-state index in [4.69, 9.17) is 4.52 Å². The molecule has 0 radical (unpaired) electrons. The molecule has 1 amide bonds. The minimum Gasteiger partial charge on any atom is -0.361 e. The lowest BCUT2D eigenvalue weighted by Crippen LogP contribution is -2.30. The number of carbonyl (C=O) groups is 2. The number of imidazole rings is 1. The molecule has 0 aliphatic carbocycles. The van der Waals surface area contributed by atoms with Gasteiger partial charge in [-0.05, 0) is 39.2 Å². The second-order valence-corrected chi connectivity index (χ2v) is 7.57. The van der Waals surface area contributed by atoms with Gasteiger partial charge < -0.3 is 19.6 Å². The van der Waals surface area contributed by atoms with Crippen LogP contribution in [0.5, 0.6) is 0 Å². The Kier molecular flexibility index (Phi) is 7.17. The number of ketones is 1. The van der Waals surface area contributed by atoms with Gasteiger partial charge in [0.1, 0.15) is 22.9 Å². The number of hydrogen-bond donors (Lipinski definition) is 2. The summed E-state index contributed by atoms with van der Waals surface area (Å²) in [6.07, 6.45) is 5.75. The van der Waals surface area contributed by atoms with Crippen molar-refractivity contribution in [1.82, 2.24) is 20.4 Å². The van der Waals surface area contributed by atoms with Gasteiger partial charge in [-0.25, -0.2) is 4.98 Å². The van der Waals surface area contributed by atoms with Crippen molar-refractivity contribution in [2.75, 3.05) is 0 Å². The molecule has 2 N–H and O–H groups in total. The molecule has 0 aliphatic rings. The SMILES string of the molecule is CC(=O)CCCCC[C@H](NC(=O)c1c(C)noc1C)c1ncc(-c2ccccc2)[nH]1. The summed E-state index contributed by atoms with van der Waals surface area (Å²) >= 11 is 0. The van der Waals surface area contributed by atoms with E-state index in [2.05, 4.69) is 20.4 Å². The van der Waals surface area contributed by atoms with E-state index in [1.807, 2.05) is 30.3 Å². The maximum atomic E-state index is 12.9. The zero-order valence-electron chi connectivity index (χ0n) is 17.7. The Balaban J connectivity index is 1.74. The van der Waals surface area contributed by atoms with Gasteiger partial charge in [-0.3, -0.25) is 4.79 Å². The highest BCUT2D eigenvalue weighted by Gasteiger charge is 2.23. The van der Waals surface area contributed by atoms with Crippen LogP contribution in [0.25, 0.3) is 11.3 Å². The highest BCUT2D eigenvalue weighted by Crippen LogP contribution is 2.23. The number of carbonyl (C=O) groups excluding carboxylic acids is 2. The number of aryl methyl sites for hydroxylation is 2. The van der Waals surface area contributed by atoms with Gasteiger partial charge in [0, 0.05) is 6.42 Å². The molecule has 7 nitrogen and oxygen atoms in total. The van der Waals surface area contributed by atoms with Gasteiger partial charge in [-0.15, -0.1) is 0 Å². The van der Waals surface area contributed by atoms with Gasteiger partial charge >= 0.3 is 0 Å². The molecule has 3 rings (SSSR count). The molecule has 0 fully saturated rings. The quantitative estimate of drug-likeness (QED) is 0.474. The largest absolute Gasteiger partial charge is 0.361 e. The predicted molar refractivity (Wildman–Crippen MR) is 114 cm³/mol. The molecular weight excluding hydrogens is 380 g/mol. The van der Waals surface area contributed by atoms with Crippen LogP contribution in [0.1, 0.15) is 72.7 Å². The van der Waals surface area contributed by atoms with Crippen molar-refractivity contribution in [3.8, 4) is 11.3 Å². The molecule has 0 aliphatic heterocycles. The summed E-state index contributed by atoms with van der Waals surface area (Å²) in [6, 6.07) is 9.66. The molecular formula is C23H28N4O3. The number of Topliss-reactive ketones (excluding diaryl/α,β-unsaturated/α-hetero) is 1. The molecule has 158 valence electrons. The normalized spacial score (nSPS) is 12.0. The van der Waals surface area contributed by atoms with Gasteiger partial charge in [-0.2, -0.15) is 0 Å². The molecule has 0 saturated carbocycles. The lowest BCUT2D eigenvalue weighted by atomic mass is 10.0. The Hall–Kier alpha value is -3.22. The molecule has 1 atom stereocenters. The van der Waals surface area contributed by atoms with E-state index in [1.54, 1.807) is 27.0 Å². The van der Waals surface area contributed by atoms with Crippen LogP contribution in [0.4, 0.5) is 0 Å². The van der Waals surface area contributed by atoms with Crippen molar-refractivity contribution >= 4 is 11.7 Å². The number of aromatic amines is 1. The topological polar surface area (TPSA) is 101 Å². The summed E-state index contributed by atoms with van der Waals surface area (Å²) in [7, 11) is 0. The Morgan fingerprint density at radius 3 is 2.57 bits per heavy atom. The number of nitrogens with zero attached hydrogens (tertiary/aromatic N) is 2. The predicted octanol–water partition coefficient (Wildman–Crippen LogP) is 4.69. The third-order valence-corrected chi connectivity index (χ3v) is 5.10. The van der Waals surface area contributed by atoms with Crippen LogP contribution < -0.4 is 5.32 Å². The molecule has 7 heteroatoms. The first-order chi connectivity index (χ1) is 14.5. The highest BCUT2D eigenvalue weighted by molar-refractivity contribution is 5.96. The third kappa shape index (κ3) is 5.43. The van der Waals surface area contributed by atoms with Crippen molar-refractivity contribution in [3.63, 3.8) is 0 Å². The number of amides is 1. The standard InChI is InChI=1S/C23H28N4O3/c1-15(28)10-6-4-9-13-19(26-23(29)21-16(2)27-30-17(21)3)22-24-14-20(25-22)18-11-7-5-8-12-18/h5,7-8,11-12,14,19H,4,6,9-10,13H2,1-3H3,(H,24,25)(H,26,29)/t19-/m0/s1. The van der Waals surface area contributed by atoms with Crippen LogP contribution >= 0.6 is 0 Å². The summed E-state index contributed by atoms with van der Waals surface area (Å²) in [5, 5.41) is 6.96. The number of aromatic nitrogens is 3. The van der Waals surface area contributed by atoms with E-state index in [0.29, 0.717) is 29.3 Å². The third-order valence-electron chi connectivity index (χ3n) is 5.10. The lowest BCUT2D eigenvalue weighted by Gasteiger charge is -2.17. The second kappa shape index (κ2) is 10.0. The number of benzene rings is 1. The Morgan fingerprint density at radius 1 is 1.13 bits per heavy atom. The monoisotopic (exact) mass is 408 g/mol. The fourth-order valence-electron chi connectivity index (χ4n) is 3.49. The number of hydrogen-bond acceptors (Lipinski definition) is 5. The van der Waals surface area contributed by atoms with Crippen LogP contribution in [0.3, 0.4) is 0 Å². The average molecular weight is 409 g/mol.